The minimum absolute atomic E-state index is 0.0603. The molecule has 5 aromatic rings. The zero-order chi connectivity index (χ0) is 22.7. The molecule has 0 saturated heterocycles. The summed E-state index contributed by atoms with van der Waals surface area (Å²) in [5.74, 6) is 1.03. The van der Waals surface area contributed by atoms with E-state index in [0.717, 1.165) is 27.1 Å². The van der Waals surface area contributed by atoms with Gasteiger partial charge in [-0.3, -0.25) is 10.1 Å². The Balaban J connectivity index is 1.60. The molecule has 7 nitrogen and oxygen atoms in total. The van der Waals surface area contributed by atoms with E-state index in [4.69, 9.17) is 4.42 Å². The molecule has 3 heterocycles. The molecule has 0 aliphatic rings. The van der Waals surface area contributed by atoms with E-state index in [1.165, 1.54) is 23.0 Å². The van der Waals surface area contributed by atoms with Crippen LogP contribution in [0, 0.1) is 37.8 Å². The van der Waals surface area contributed by atoms with Crippen LogP contribution in [-0.4, -0.2) is 9.32 Å². The molecule has 0 unspecified atom stereocenters. The molecule has 32 heavy (non-hydrogen) atoms. The van der Waals surface area contributed by atoms with Crippen molar-refractivity contribution in [2.45, 2.75) is 27.7 Å². The van der Waals surface area contributed by atoms with Crippen molar-refractivity contribution >= 4 is 39.1 Å². The van der Waals surface area contributed by atoms with Crippen molar-refractivity contribution in [1.82, 2.24) is 4.40 Å². The van der Waals surface area contributed by atoms with Gasteiger partial charge in [-0.2, -0.15) is 0 Å². The SMILES string of the molecule is Cc1cc2[nH+]c3sc(=Cc4ccc(-c5cc(C)c(C)c([N+](=O)[O-])c5)o4)c(=O)n3c2cc1C. The molecule has 8 heteroatoms. The van der Waals surface area contributed by atoms with Gasteiger partial charge in [0.15, 0.2) is 11.0 Å². The van der Waals surface area contributed by atoms with Crippen molar-refractivity contribution < 1.29 is 14.3 Å². The number of nitrogens with zero attached hydrogens (tertiary/aromatic N) is 2. The van der Waals surface area contributed by atoms with Gasteiger partial charge in [0, 0.05) is 23.3 Å². The number of furan rings is 1. The molecule has 0 aliphatic heterocycles. The molecule has 0 bridgehead atoms. The highest BCUT2D eigenvalue weighted by Gasteiger charge is 2.20. The molecule has 0 spiro atoms. The molecule has 0 saturated carbocycles. The first kappa shape index (κ1) is 20.1. The number of benzene rings is 2. The first-order chi connectivity index (χ1) is 15.2. The summed E-state index contributed by atoms with van der Waals surface area (Å²) in [6.07, 6.45) is 1.71. The number of hydrogen-bond donors (Lipinski definition) is 0. The Labute approximate surface area is 186 Å². The second-order valence-electron chi connectivity index (χ2n) is 8.03. The number of imidazole rings is 1. The summed E-state index contributed by atoms with van der Waals surface area (Å²) >= 11 is 1.36. The summed E-state index contributed by atoms with van der Waals surface area (Å²) in [6.45, 7) is 7.64. The number of rotatable bonds is 3. The Bertz CT molecular complexity index is 1670. The van der Waals surface area contributed by atoms with E-state index in [-0.39, 0.29) is 16.2 Å². The van der Waals surface area contributed by atoms with Crippen LogP contribution in [0.25, 0.3) is 33.4 Å². The van der Waals surface area contributed by atoms with Gasteiger partial charge in [-0.1, -0.05) is 0 Å². The molecule has 1 N–H and O–H groups in total. The summed E-state index contributed by atoms with van der Waals surface area (Å²) in [5.41, 5.74) is 6.11. The largest absolute Gasteiger partial charge is 0.457 e. The number of H-pyrrole nitrogens is 1. The first-order valence-corrected chi connectivity index (χ1v) is 10.9. The maximum atomic E-state index is 13.1. The highest BCUT2D eigenvalue weighted by molar-refractivity contribution is 7.14. The third kappa shape index (κ3) is 3.11. The third-order valence-corrected chi connectivity index (χ3v) is 6.93. The summed E-state index contributed by atoms with van der Waals surface area (Å²) in [4.78, 5) is 28.1. The fraction of sp³-hybridized carbons (Fsp3) is 0.167. The average Bonchev–Trinajstić information content (AvgIpc) is 3.41. The Morgan fingerprint density at radius 1 is 1.06 bits per heavy atom. The minimum Gasteiger partial charge on any atom is -0.457 e. The number of nitrogens with one attached hydrogen (secondary N) is 1. The number of aromatic nitrogens is 2. The fourth-order valence-electron chi connectivity index (χ4n) is 3.88. The van der Waals surface area contributed by atoms with Crippen molar-refractivity contribution in [3.8, 4) is 11.3 Å². The van der Waals surface area contributed by atoms with Crippen LogP contribution in [0.15, 0.2) is 45.6 Å². The highest BCUT2D eigenvalue weighted by atomic mass is 32.1. The van der Waals surface area contributed by atoms with Gasteiger partial charge in [0.05, 0.1) is 4.92 Å². The third-order valence-electron chi connectivity index (χ3n) is 5.94. The van der Waals surface area contributed by atoms with Crippen molar-refractivity contribution in [3.63, 3.8) is 0 Å². The van der Waals surface area contributed by atoms with Crippen LogP contribution < -0.4 is 15.1 Å². The predicted octanol–water partition coefficient (Wildman–Crippen LogP) is 4.28. The summed E-state index contributed by atoms with van der Waals surface area (Å²) in [5, 5.41) is 11.4. The van der Waals surface area contributed by atoms with Gasteiger partial charge in [-0.05, 0) is 86.1 Å². The minimum atomic E-state index is -0.385. The Morgan fingerprint density at radius 3 is 2.56 bits per heavy atom. The van der Waals surface area contributed by atoms with Gasteiger partial charge < -0.3 is 4.42 Å². The van der Waals surface area contributed by atoms with Crippen molar-refractivity contribution in [3.05, 3.63) is 89.4 Å². The molecule has 3 aromatic heterocycles. The van der Waals surface area contributed by atoms with Crippen molar-refractivity contribution in [1.29, 1.82) is 0 Å². The van der Waals surface area contributed by atoms with Gasteiger partial charge >= 0.3 is 10.5 Å². The van der Waals surface area contributed by atoms with E-state index < -0.39 is 0 Å². The fourth-order valence-corrected chi connectivity index (χ4v) is 4.87. The van der Waals surface area contributed by atoms with Crippen LogP contribution in [0.2, 0.25) is 0 Å². The predicted molar refractivity (Wildman–Crippen MR) is 124 cm³/mol. The lowest BCUT2D eigenvalue weighted by Crippen LogP contribution is -2.22. The normalized spacial score (nSPS) is 12.3. The summed E-state index contributed by atoms with van der Waals surface area (Å²) in [6, 6.07) is 11.0. The van der Waals surface area contributed by atoms with Gasteiger partial charge in [-0.25, -0.2) is 9.78 Å². The zero-order valence-corrected chi connectivity index (χ0v) is 18.8. The quantitative estimate of drug-likeness (QED) is 0.305. The van der Waals surface area contributed by atoms with Crippen LogP contribution >= 0.6 is 11.3 Å². The van der Waals surface area contributed by atoms with Gasteiger partial charge in [-0.15, -0.1) is 4.40 Å². The van der Waals surface area contributed by atoms with Gasteiger partial charge in [0.25, 0.3) is 5.69 Å². The Hall–Kier alpha value is -3.78. The standard InChI is InChI=1S/C24H19N3O4S/c1-12-8-18-20(9-13(12)2)26-23(28)22(32-24(26)25-18)11-17-5-6-21(31-17)16-7-14(3)15(4)19(10-16)27(29)30/h5-11H,1-4H3/p+1. The molecule has 160 valence electrons. The highest BCUT2D eigenvalue weighted by Crippen LogP contribution is 2.31. The van der Waals surface area contributed by atoms with Crippen molar-refractivity contribution in [2.75, 3.05) is 0 Å². The number of aryl methyl sites for hydroxylation is 3. The maximum absolute atomic E-state index is 13.1. The van der Waals surface area contributed by atoms with E-state index in [2.05, 4.69) is 11.1 Å². The van der Waals surface area contributed by atoms with Gasteiger partial charge in [0.1, 0.15) is 16.1 Å². The number of nitro groups is 1. The van der Waals surface area contributed by atoms with E-state index in [0.29, 0.717) is 27.2 Å². The zero-order valence-electron chi connectivity index (χ0n) is 18.0. The molecule has 0 amide bonds. The molecule has 0 radical (unpaired) electrons. The number of hydrogen-bond acceptors (Lipinski definition) is 5. The molecular weight excluding hydrogens is 426 g/mol. The van der Waals surface area contributed by atoms with Crippen LogP contribution in [0.4, 0.5) is 5.69 Å². The smallest absolute Gasteiger partial charge is 0.357 e. The summed E-state index contributed by atoms with van der Waals surface area (Å²) < 4.78 is 8.16. The molecule has 0 aliphatic carbocycles. The van der Waals surface area contributed by atoms with Crippen LogP contribution in [-0.2, 0) is 0 Å². The first-order valence-electron chi connectivity index (χ1n) is 10.1. The second kappa shape index (κ2) is 7.13. The number of fused-ring (bicyclic) bond motifs is 3. The van der Waals surface area contributed by atoms with Gasteiger partial charge in [0.2, 0.25) is 0 Å². The monoisotopic (exact) mass is 446 g/mol. The topological polar surface area (TPSA) is 91.9 Å². The lowest BCUT2D eigenvalue weighted by atomic mass is 10.0. The molecule has 5 rings (SSSR count). The molecule has 0 atom stereocenters. The van der Waals surface area contributed by atoms with E-state index in [9.17, 15) is 14.9 Å². The lowest BCUT2D eigenvalue weighted by molar-refractivity contribution is -0.385. The Kier molecular flexibility index (Phi) is 4.49. The molecular formula is C24H20N3O4S+. The van der Waals surface area contributed by atoms with Crippen LogP contribution in [0.1, 0.15) is 28.0 Å². The Morgan fingerprint density at radius 2 is 1.81 bits per heavy atom. The molecule has 2 aromatic carbocycles. The second-order valence-corrected chi connectivity index (χ2v) is 9.06. The molecule has 0 fully saturated rings. The van der Waals surface area contributed by atoms with E-state index in [1.807, 2.05) is 32.9 Å². The van der Waals surface area contributed by atoms with E-state index in [1.54, 1.807) is 29.5 Å². The average molecular weight is 447 g/mol. The lowest BCUT2D eigenvalue weighted by Gasteiger charge is -2.04. The number of aromatic amines is 1. The number of nitro benzene ring substituents is 1. The van der Waals surface area contributed by atoms with Crippen LogP contribution in [0.3, 0.4) is 0 Å². The van der Waals surface area contributed by atoms with Crippen LogP contribution in [0.5, 0.6) is 0 Å². The van der Waals surface area contributed by atoms with E-state index >= 15 is 0 Å². The number of thiazole rings is 1. The maximum Gasteiger partial charge on any atom is 0.357 e. The van der Waals surface area contributed by atoms with Crippen molar-refractivity contribution in [2.24, 2.45) is 0 Å². The summed E-state index contributed by atoms with van der Waals surface area (Å²) in [7, 11) is 0.